The van der Waals surface area contributed by atoms with E-state index in [1.54, 1.807) is 36.0 Å². The van der Waals surface area contributed by atoms with Crippen molar-refractivity contribution in [3.05, 3.63) is 35.9 Å². The molecule has 1 fully saturated rings. The van der Waals surface area contributed by atoms with Crippen LogP contribution in [0.15, 0.2) is 30.3 Å². The number of carbonyl (C=O) groups is 2. The van der Waals surface area contributed by atoms with E-state index in [0.717, 1.165) is 0 Å². The molecule has 1 aliphatic carbocycles. The van der Waals surface area contributed by atoms with Crippen LogP contribution in [0, 0.1) is 0 Å². The van der Waals surface area contributed by atoms with Gasteiger partial charge >= 0.3 is 0 Å². The largest absolute Gasteiger partial charge is 0.272 e. The number of nitrogens with one attached hydrogen (secondary N) is 2. The van der Waals surface area contributed by atoms with Gasteiger partial charge in [0.1, 0.15) is 0 Å². The Balaban J connectivity index is 1.75. The SMILES string of the molecule is C[C@@H](SC1CCCC1)C(=O)NNC(=O)c1ccccc1. The summed E-state index contributed by atoms with van der Waals surface area (Å²) in [6, 6.07) is 8.83. The van der Waals surface area contributed by atoms with E-state index in [1.165, 1.54) is 25.7 Å². The third-order valence-electron chi connectivity index (χ3n) is 3.40. The van der Waals surface area contributed by atoms with Crippen LogP contribution in [0.25, 0.3) is 0 Å². The third-order valence-corrected chi connectivity index (χ3v) is 4.88. The lowest BCUT2D eigenvalue weighted by molar-refractivity contribution is -0.121. The van der Waals surface area contributed by atoms with Gasteiger partial charge in [0.15, 0.2) is 0 Å². The first kappa shape index (κ1) is 14.9. The Labute approximate surface area is 123 Å². The maximum absolute atomic E-state index is 11.9. The zero-order valence-corrected chi connectivity index (χ0v) is 12.4. The van der Waals surface area contributed by atoms with Gasteiger partial charge < -0.3 is 0 Å². The van der Waals surface area contributed by atoms with Gasteiger partial charge in [-0.05, 0) is 31.9 Å². The summed E-state index contributed by atoms with van der Waals surface area (Å²) in [5.74, 6) is -0.441. The summed E-state index contributed by atoms with van der Waals surface area (Å²) in [7, 11) is 0. The van der Waals surface area contributed by atoms with Gasteiger partial charge in [-0.25, -0.2) is 0 Å². The lowest BCUT2D eigenvalue weighted by atomic mass is 10.2. The fourth-order valence-corrected chi connectivity index (χ4v) is 3.62. The van der Waals surface area contributed by atoms with Crippen molar-refractivity contribution in [2.75, 3.05) is 0 Å². The van der Waals surface area contributed by atoms with Crippen LogP contribution in [-0.2, 0) is 4.79 Å². The number of amides is 2. The zero-order valence-electron chi connectivity index (χ0n) is 11.6. The normalized spacial score (nSPS) is 16.6. The van der Waals surface area contributed by atoms with Crippen molar-refractivity contribution in [1.29, 1.82) is 0 Å². The van der Waals surface area contributed by atoms with E-state index < -0.39 is 0 Å². The van der Waals surface area contributed by atoms with Crippen LogP contribution in [0.2, 0.25) is 0 Å². The molecule has 1 saturated carbocycles. The highest BCUT2D eigenvalue weighted by Crippen LogP contribution is 2.32. The Morgan fingerprint density at radius 1 is 1.15 bits per heavy atom. The lowest BCUT2D eigenvalue weighted by Crippen LogP contribution is -2.45. The first-order valence-corrected chi connectivity index (χ1v) is 7.92. The summed E-state index contributed by atoms with van der Waals surface area (Å²) in [5.41, 5.74) is 5.48. The Morgan fingerprint density at radius 3 is 2.45 bits per heavy atom. The van der Waals surface area contributed by atoms with Gasteiger partial charge in [0, 0.05) is 10.8 Å². The summed E-state index contributed by atoms with van der Waals surface area (Å²) >= 11 is 1.70. The van der Waals surface area contributed by atoms with Gasteiger partial charge in [-0.2, -0.15) is 0 Å². The summed E-state index contributed by atoms with van der Waals surface area (Å²) in [4.78, 5) is 23.7. The van der Waals surface area contributed by atoms with E-state index in [4.69, 9.17) is 0 Å². The Morgan fingerprint density at radius 2 is 1.80 bits per heavy atom. The molecule has 2 rings (SSSR count). The van der Waals surface area contributed by atoms with Crippen LogP contribution < -0.4 is 10.9 Å². The van der Waals surface area contributed by atoms with Crippen molar-refractivity contribution in [3.63, 3.8) is 0 Å². The van der Waals surface area contributed by atoms with E-state index in [9.17, 15) is 9.59 Å². The molecule has 0 heterocycles. The first-order chi connectivity index (χ1) is 9.66. The van der Waals surface area contributed by atoms with Crippen LogP contribution in [0.4, 0.5) is 0 Å². The number of hydrogen-bond donors (Lipinski definition) is 2. The number of hydrogen-bond acceptors (Lipinski definition) is 3. The molecule has 20 heavy (non-hydrogen) atoms. The van der Waals surface area contributed by atoms with Gasteiger partial charge in [0.05, 0.1) is 5.25 Å². The van der Waals surface area contributed by atoms with Gasteiger partial charge in [-0.15, -0.1) is 11.8 Å². The van der Waals surface area contributed by atoms with Crippen LogP contribution in [0.5, 0.6) is 0 Å². The molecule has 0 radical (unpaired) electrons. The van der Waals surface area contributed by atoms with Crippen molar-refractivity contribution in [2.45, 2.75) is 43.1 Å². The highest BCUT2D eigenvalue weighted by atomic mass is 32.2. The molecule has 2 N–H and O–H groups in total. The van der Waals surface area contributed by atoms with E-state index in [0.29, 0.717) is 10.8 Å². The predicted octanol–water partition coefficient (Wildman–Crippen LogP) is 2.51. The van der Waals surface area contributed by atoms with Gasteiger partial charge in [0.2, 0.25) is 0 Å². The predicted molar refractivity (Wildman–Crippen MR) is 81.4 cm³/mol. The van der Waals surface area contributed by atoms with E-state index in [-0.39, 0.29) is 17.1 Å². The average Bonchev–Trinajstić information content (AvgIpc) is 2.98. The van der Waals surface area contributed by atoms with Crippen LogP contribution >= 0.6 is 11.8 Å². The second-order valence-electron chi connectivity index (χ2n) is 4.99. The Kier molecular flexibility index (Phi) is 5.47. The molecular weight excluding hydrogens is 272 g/mol. The third kappa shape index (κ3) is 4.27. The minimum Gasteiger partial charge on any atom is -0.272 e. The molecule has 0 spiro atoms. The Bertz CT molecular complexity index is 458. The van der Waals surface area contributed by atoms with E-state index >= 15 is 0 Å². The molecule has 1 aromatic carbocycles. The van der Waals surface area contributed by atoms with Crippen molar-refractivity contribution in [1.82, 2.24) is 10.9 Å². The molecule has 1 atom stereocenters. The zero-order chi connectivity index (χ0) is 14.4. The number of carbonyl (C=O) groups excluding carboxylic acids is 2. The highest BCUT2D eigenvalue weighted by Gasteiger charge is 2.22. The molecule has 0 aromatic heterocycles. The van der Waals surface area contributed by atoms with Gasteiger partial charge in [-0.1, -0.05) is 31.0 Å². The minimum absolute atomic E-state index is 0.144. The molecule has 108 valence electrons. The number of rotatable bonds is 4. The van der Waals surface area contributed by atoms with Crippen molar-refractivity contribution in [3.8, 4) is 0 Å². The summed E-state index contributed by atoms with van der Waals surface area (Å²) in [6.45, 7) is 1.88. The average molecular weight is 292 g/mol. The van der Waals surface area contributed by atoms with Crippen LogP contribution in [0.3, 0.4) is 0 Å². The van der Waals surface area contributed by atoms with Gasteiger partial charge in [-0.3, -0.25) is 20.4 Å². The van der Waals surface area contributed by atoms with E-state index in [2.05, 4.69) is 10.9 Å². The van der Waals surface area contributed by atoms with E-state index in [1.807, 2.05) is 13.0 Å². The maximum Gasteiger partial charge on any atom is 0.269 e. The highest BCUT2D eigenvalue weighted by molar-refractivity contribution is 8.01. The summed E-state index contributed by atoms with van der Waals surface area (Å²) in [6.07, 6.45) is 4.91. The fraction of sp³-hybridized carbons (Fsp3) is 0.467. The van der Waals surface area contributed by atoms with Crippen LogP contribution in [-0.4, -0.2) is 22.3 Å². The molecule has 0 saturated heterocycles. The second kappa shape index (κ2) is 7.33. The quantitative estimate of drug-likeness (QED) is 0.838. The van der Waals surface area contributed by atoms with Crippen molar-refractivity contribution >= 4 is 23.6 Å². The maximum atomic E-state index is 11.9. The monoisotopic (exact) mass is 292 g/mol. The van der Waals surface area contributed by atoms with Crippen LogP contribution in [0.1, 0.15) is 43.0 Å². The molecule has 5 heteroatoms. The fourth-order valence-electron chi connectivity index (χ4n) is 2.26. The molecule has 0 unspecified atom stereocenters. The van der Waals surface area contributed by atoms with Crippen molar-refractivity contribution in [2.24, 2.45) is 0 Å². The second-order valence-corrected chi connectivity index (χ2v) is 6.64. The molecule has 4 nitrogen and oxygen atoms in total. The molecule has 0 bridgehead atoms. The summed E-state index contributed by atoms with van der Waals surface area (Å²) < 4.78 is 0. The lowest BCUT2D eigenvalue weighted by Gasteiger charge is -2.16. The molecule has 1 aromatic rings. The van der Waals surface area contributed by atoms with Gasteiger partial charge in [0.25, 0.3) is 11.8 Å². The number of hydrazine groups is 1. The summed E-state index contributed by atoms with van der Waals surface area (Å²) in [5, 5.41) is 0.440. The Hall–Kier alpha value is -1.49. The standard InChI is InChI=1S/C15H20N2O2S/c1-11(20-13-9-5-6-10-13)14(18)16-17-15(19)12-7-3-2-4-8-12/h2-4,7-8,11,13H,5-6,9-10H2,1H3,(H,16,18)(H,17,19)/t11-/m1/s1. The molecule has 1 aliphatic rings. The molecular formula is C15H20N2O2S. The minimum atomic E-state index is -0.294. The molecule has 0 aliphatic heterocycles. The number of benzene rings is 1. The first-order valence-electron chi connectivity index (χ1n) is 6.97. The van der Waals surface area contributed by atoms with Crippen molar-refractivity contribution < 1.29 is 9.59 Å². The topological polar surface area (TPSA) is 58.2 Å². The number of thioether (sulfide) groups is 1. The smallest absolute Gasteiger partial charge is 0.269 e. The molecule has 2 amide bonds.